The molecule has 11 heavy (non-hydrogen) atoms. The van der Waals surface area contributed by atoms with Crippen LogP contribution in [0.2, 0.25) is 0 Å². The van der Waals surface area contributed by atoms with E-state index >= 15 is 0 Å². The van der Waals surface area contributed by atoms with Crippen LogP contribution in [0.25, 0.3) is 0 Å². The van der Waals surface area contributed by atoms with Crippen molar-refractivity contribution in [3.63, 3.8) is 0 Å². The highest BCUT2D eigenvalue weighted by atomic mass is 16.6. The summed E-state index contributed by atoms with van der Waals surface area (Å²) in [5, 5.41) is 7.06. The molecule has 0 spiro atoms. The molecule has 0 unspecified atom stereocenters. The number of amides is 1. The molecular weight excluding hydrogens is 148 g/mol. The Morgan fingerprint density at radius 1 is 1.64 bits per heavy atom. The fraction of sp³-hybridized carbons (Fsp3) is 0.400. The predicted octanol–water partition coefficient (Wildman–Crippen LogP) is -1.04. The summed E-state index contributed by atoms with van der Waals surface area (Å²) in [4.78, 5) is 15.2. The normalized spacial score (nSPS) is 9.55. The van der Waals surface area contributed by atoms with Crippen molar-refractivity contribution in [2.75, 3.05) is 7.11 Å². The van der Waals surface area contributed by atoms with Crippen LogP contribution in [-0.4, -0.2) is 27.8 Å². The van der Waals surface area contributed by atoms with Crippen LogP contribution < -0.4 is 5.48 Å². The number of rotatable bonds is 3. The van der Waals surface area contributed by atoms with Crippen LogP contribution in [0.4, 0.5) is 0 Å². The van der Waals surface area contributed by atoms with Gasteiger partial charge in [0.15, 0.2) is 0 Å². The molecular formula is C5H8N4O2. The molecule has 1 N–H and O–H groups in total. The fourth-order valence-corrected chi connectivity index (χ4v) is 0.616. The van der Waals surface area contributed by atoms with Gasteiger partial charge in [-0.25, -0.2) is 5.48 Å². The summed E-state index contributed by atoms with van der Waals surface area (Å²) < 4.78 is 1.54. The first-order valence-electron chi connectivity index (χ1n) is 2.97. The molecule has 6 heteroatoms. The second-order valence-electron chi connectivity index (χ2n) is 1.86. The molecule has 0 saturated heterocycles. The highest BCUT2D eigenvalue weighted by Crippen LogP contribution is 1.81. The molecule has 0 aliphatic rings. The standard InChI is InChI=1S/C5H8N4O2/c1-11-8-5(10)2-9-3-6-7-4-9/h3-4H,2H2,1H3,(H,8,10). The Labute approximate surface area is 63.1 Å². The van der Waals surface area contributed by atoms with E-state index in [0.29, 0.717) is 0 Å². The smallest absolute Gasteiger partial charge is 0.263 e. The Bertz CT molecular complexity index is 220. The summed E-state index contributed by atoms with van der Waals surface area (Å²) >= 11 is 0. The first-order chi connectivity index (χ1) is 5.33. The molecule has 0 aliphatic heterocycles. The zero-order valence-electron chi connectivity index (χ0n) is 6.02. The molecule has 0 fully saturated rings. The summed E-state index contributed by atoms with van der Waals surface area (Å²) in [6.07, 6.45) is 2.91. The van der Waals surface area contributed by atoms with Crippen molar-refractivity contribution >= 4 is 5.91 Å². The Kier molecular flexibility index (Phi) is 2.56. The van der Waals surface area contributed by atoms with E-state index in [-0.39, 0.29) is 12.5 Å². The van der Waals surface area contributed by atoms with Crippen molar-refractivity contribution < 1.29 is 9.63 Å². The van der Waals surface area contributed by atoms with E-state index in [2.05, 4.69) is 20.5 Å². The molecule has 60 valence electrons. The first-order valence-corrected chi connectivity index (χ1v) is 2.97. The quantitative estimate of drug-likeness (QED) is 0.567. The highest BCUT2D eigenvalue weighted by molar-refractivity contribution is 5.74. The molecule has 0 atom stereocenters. The lowest BCUT2D eigenvalue weighted by Gasteiger charge is -2.00. The molecule has 1 aromatic rings. The average molecular weight is 156 g/mol. The van der Waals surface area contributed by atoms with Gasteiger partial charge in [-0.3, -0.25) is 9.63 Å². The minimum Gasteiger partial charge on any atom is -0.311 e. The van der Waals surface area contributed by atoms with Crippen molar-refractivity contribution in [2.24, 2.45) is 0 Å². The number of carbonyl (C=O) groups excluding carboxylic acids is 1. The van der Waals surface area contributed by atoms with E-state index in [1.165, 1.54) is 24.3 Å². The van der Waals surface area contributed by atoms with E-state index < -0.39 is 0 Å². The molecule has 1 heterocycles. The average Bonchev–Trinajstić information content (AvgIpc) is 2.40. The zero-order valence-corrected chi connectivity index (χ0v) is 6.02. The van der Waals surface area contributed by atoms with Crippen LogP contribution in [-0.2, 0) is 16.2 Å². The van der Waals surface area contributed by atoms with Gasteiger partial charge in [-0.05, 0) is 0 Å². The third-order valence-corrected chi connectivity index (χ3v) is 1.01. The van der Waals surface area contributed by atoms with Crippen molar-refractivity contribution in [1.82, 2.24) is 20.2 Å². The second kappa shape index (κ2) is 3.67. The van der Waals surface area contributed by atoms with Crippen LogP contribution in [0.3, 0.4) is 0 Å². The lowest BCUT2D eigenvalue weighted by atomic mass is 10.6. The maximum atomic E-state index is 10.8. The lowest BCUT2D eigenvalue weighted by Crippen LogP contribution is -2.25. The molecule has 0 radical (unpaired) electrons. The van der Waals surface area contributed by atoms with Crippen molar-refractivity contribution in [1.29, 1.82) is 0 Å². The van der Waals surface area contributed by atoms with Gasteiger partial charge < -0.3 is 4.57 Å². The maximum absolute atomic E-state index is 10.8. The van der Waals surface area contributed by atoms with Gasteiger partial charge in [0.2, 0.25) is 0 Å². The zero-order chi connectivity index (χ0) is 8.10. The molecule has 6 nitrogen and oxygen atoms in total. The largest absolute Gasteiger partial charge is 0.311 e. The summed E-state index contributed by atoms with van der Waals surface area (Å²) in [6, 6.07) is 0. The molecule has 1 aromatic heterocycles. The molecule has 1 amide bonds. The van der Waals surface area contributed by atoms with Gasteiger partial charge in [0.05, 0.1) is 7.11 Å². The molecule has 0 aliphatic carbocycles. The second-order valence-corrected chi connectivity index (χ2v) is 1.86. The summed E-state index contributed by atoms with van der Waals surface area (Å²) in [5.74, 6) is -0.243. The predicted molar refractivity (Wildman–Crippen MR) is 35.2 cm³/mol. The summed E-state index contributed by atoms with van der Waals surface area (Å²) in [6.45, 7) is 0.167. The van der Waals surface area contributed by atoms with E-state index in [9.17, 15) is 4.79 Å². The SMILES string of the molecule is CONC(=O)Cn1cnnc1. The van der Waals surface area contributed by atoms with Gasteiger partial charge in [0.25, 0.3) is 5.91 Å². The maximum Gasteiger partial charge on any atom is 0.263 e. The van der Waals surface area contributed by atoms with Gasteiger partial charge in [-0.2, -0.15) is 0 Å². The lowest BCUT2D eigenvalue weighted by molar-refractivity contribution is -0.131. The van der Waals surface area contributed by atoms with Crippen LogP contribution in [0.1, 0.15) is 0 Å². The van der Waals surface area contributed by atoms with Gasteiger partial charge in [-0.1, -0.05) is 0 Å². The Hall–Kier alpha value is -1.43. The number of carbonyl (C=O) groups is 1. The summed E-state index contributed by atoms with van der Waals surface area (Å²) in [7, 11) is 1.38. The molecule has 0 bridgehead atoms. The van der Waals surface area contributed by atoms with Gasteiger partial charge in [0.1, 0.15) is 19.2 Å². The highest BCUT2D eigenvalue weighted by Gasteiger charge is 1.99. The van der Waals surface area contributed by atoms with Crippen LogP contribution in [0.15, 0.2) is 12.7 Å². The van der Waals surface area contributed by atoms with Crippen LogP contribution >= 0.6 is 0 Å². The number of aromatic nitrogens is 3. The minimum atomic E-state index is -0.243. The van der Waals surface area contributed by atoms with Gasteiger partial charge in [0, 0.05) is 0 Å². The Morgan fingerprint density at radius 2 is 2.27 bits per heavy atom. The number of hydrogen-bond donors (Lipinski definition) is 1. The minimum absolute atomic E-state index is 0.167. The monoisotopic (exact) mass is 156 g/mol. The number of hydroxylamine groups is 1. The van der Waals surface area contributed by atoms with Crippen molar-refractivity contribution in [3.05, 3.63) is 12.7 Å². The van der Waals surface area contributed by atoms with E-state index in [1.807, 2.05) is 0 Å². The molecule has 1 rings (SSSR count). The van der Waals surface area contributed by atoms with Crippen LogP contribution in [0.5, 0.6) is 0 Å². The number of nitrogens with one attached hydrogen (secondary N) is 1. The van der Waals surface area contributed by atoms with Gasteiger partial charge in [-0.15, -0.1) is 10.2 Å². The van der Waals surface area contributed by atoms with E-state index in [0.717, 1.165) is 0 Å². The summed E-state index contributed by atoms with van der Waals surface area (Å²) in [5.41, 5.74) is 2.17. The fourth-order valence-electron chi connectivity index (χ4n) is 0.616. The number of hydrogen-bond acceptors (Lipinski definition) is 4. The molecule has 0 saturated carbocycles. The number of nitrogens with zero attached hydrogens (tertiary/aromatic N) is 3. The molecule has 0 aromatic carbocycles. The third kappa shape index (κ3) is 2.34. The van der Waals surface area contributed by atoms with E-state index in [4.69, 9.17) is 0 Å². The van der Waals surface area contributed by atoms with Crippen LogP contribution in [0, 0.1) is 0 Å². The van der Waals surface area contributed by atoms with Crippen molar-refractivity contribution in [2.45, 2.75) is 6.54 Å². The third-order valence-electron chi connectivity index (χ3n) is 1.01. The first kappa shape index (κ1) is 7.67. The Morgan fingerprint density at radius 3 is 2.82 bits per heavy atom. The topological polar surface area (TPSA) is 69.0 Å². The van der Waals surface area contributed by atoms with E-state index in [1.54, 1.807) is 0 Å². The Balaban J connectivity index is 2.37. The van der Waals surface area contributed by atoms with Crippen molar-refractivity contribution in [3.8, 4) is 0 Å². The van der Waals surface area contributed by atoms with Gasteiger partial charge >= 0.3 is 0 Å².